The average molecular weight is 304 g/mol. The molecule has 1 aromatic carbocycles. The standard InChI is InChI=1S/C12H17FN2O4S/c1-8(16)5-6-14-20(18,19)12-4-3-10(7-11(12)13)15-9(2)17/h3-4,7-8,14,16H,5-6H2,1-2H3,(H,15,17). The molecule has 0 aliphatic carbocycles. The van der Waals surface area contributed by atoms with Gasteiger partial charge < -0.3 is 10.4 Å². The molecular weight excluding hydrogens is 287 g/mol. The Kier molecular flexibility index (Phi) is 5.61. The Morgan fingerprint density at radius 1 is 1.45 bits per heavy atom. The number of aliphatic hydroxyl groups excluding tert-OH is 1. The fourth-order valence-electron chi connectivity index (χ4n) is 1.48. The molecule has 0 radical (unpaired) electrons. The van der Waals surface area contributed by atoms with Crippen molar-refractivity contribution in [2.75, 3.05) is 11.9 Å². The first-order valence-electron chi connectivity index (χ1n) is 5.97. The minimum absolute atomic E-state index is 0.00683. The smallest absolute Gasteiger partial charge is 0.243 e. The molecule has 0 saturated heterocycles. The van der Waals surface area contributed by atoms with E-state index in [1.54, 1.807) is 0 Å². The maximum absolute atomic E-state index is 13.8. The van der Waals surface area contributed by atoms with Gasteiger partial charge in [-0.05, 0) is 31.5 Å². The highest BCUT2D eigenvalue weighted by molar-refractivity contribution is 7.89. The molecule has 112 valence electrons. The number of halogens is 1. The lowest BCUT2D eigenvalue weighted by Crippen LogP contribution is -2.27. The van der Waals surface area contributed by atoms with Gasteiger partial charge in [-0.2, -0.15) is 0 Å². The zero-order valence-electron chi connectivity index (χ0n) is 11.2. The fourth-order valence-corrected chi connectivity index (χ4v) is 2.58. The number of carbonyl (C=O) groups excluding carboxylic acids is 1. The van der Waals surface area contributed by atoms with E-state index in [2.05, 4.69) is 10.0 Å². The van der Waals surface area contributed by atoms with Crippen LogP contribution in [0.4, 0.5) is 10.1 Å². The molecule has 1 unspecified atom stereocenters. The summed E-state index contributed by atoms with van der Waals surface area (Å²) in [6.07, 6.45) is -0.421. The van der Waals surface area contributed by atoms with E-state index < -0.39 is 26.8 Å². The molecular formula is C12H17FN2O4S. The average Bonchev–Trinajstić information content (AvgIpc) is 2.26. The highest BCUT2D eigenvalue weighted by Gasteiger charge is 2.19. The Morgan fingerprint density at radius 3 is 2.60 bits per heavy atom. The lowest BCUT2D eigenvalue weighted by molar-refractivity contribution is -0.114. The number of sulfonamides is 1. The fraction of sp³-hybridized carbons (Fsp3) is 0.417. The van der Waals surface area contributed by atoms with E-state index in [-0.39, 0.29) is 24.6 Å². The second-order valence-electron chi connectivity index (χ2n) is 4.36. The monoisotopic (exact) mass is 304 g/mol. The van der Waals surface area contributed by atoms with Gasteiger partial charge in [-0.25, -0.2) is 17.5 Å². The van der Waals surface area contributed by atoms with Gasteiger partial charge in [0.25, 0.3) is 0 Å². The lowest BCUT2D eigenvalue weighted by Gasteiger charge is -2.10. The Balaban J connectivity index is 2.87. The third-order valence-electron chi connectivity index (χ3n) is 2.40. The van der Waals surface area contributed by atoms with Crippen molar-refractivity contribution in [2.45, 2.75) is 31.3 Å². The van der Waals surface area contributed by atoms with Crippen LogP contribution in [-0.4, -0.2) is 32.1 Å². The second-order valence-corrected chi connectivity index (χ2v) is 6.10. The van der Waals surface area contributed by atoms with Crippen molar-refractivity contribution in [3.8, 4) is 0 Å². The number of hydrogen-bond donors (Lipinski definition) is 3. The first kappa shape index (κ1) is 16.5. The third-order valence-corrected chi connectivity index (χ3v) is 3.89. The molecule has 1 amide bonds. The van der Waals surface area contributed by atoms with Crippen LogP contribution in [0.25, 0.3) is 0 Å². The van der Waals surface area contributed by atoms with E-state index in [9.17, 15) is 17.6 Å². The normalized spacial score (nSPS) is 13.0. The molecule has 0 spiro atoms. The van der Waals surface area contributed by atoms with Gasteiger partial charge in [0.2, 0.25) is 15.9 Å². The number of anilines is 1. The van der Waals surface area contributed by atoms with Gasteiger partial charge in [0.05, 0.1) is 6.10 Å². The summed E-state index contributed by atoms with van der Waals surface area (Å²) in [4.78, 5) is 10.3. The summed E-state index contributed by atoms with van der Waals surface area (Å²) in [6.45, 7) is 2.80. The molecule has 1 atom stereocenters. The quantitative estimate of drug-likeness (QED) is 0.725. The van der Waals surface area contributed by atoms with Crippen LogP contribution in [0.1, 0.15) is 20.3 Å². The van der Waals surface area contributed by atoms with Crippen LogP contribution < -0.4 is 10.0 Å². The van der Waals surface area contributed by atoms with Crippen LogP contribution in [0.15, 0.2) is 23.1 Å². The molecule has 0 heterocycles. The van der Waals surface area contributed by atoms with Crippen molar-refractivity contribution < 1.29 is 22.7 Å². The minimum atomic E-state index is -3.98. The molecule has 0 aliphatic heterocycles. The first-order valence-corrected chi connectivity index (χ1v) is 7.45. The van der Waals surface area contributed by atoms with Crippen molar-refractivity contribution in [3.05, 3.63) is 24.0 Å². The Morgan fingerprint density at radius 2 is 2.10 bits per heavy atom. The van der Waals surface area contributed by atoms with Crippen molar-refractivity contribution in [2.24, 2.45) is 0 Å². The molecule has 6 nitrogen and oxygen atoms in total. The lowest BCUT2D eigenvalue weighted by atomic mass is 10.3. The zero-order valence-corrected chi connectivity index (χ0v) is 12.0. The van der Waals surface area contributed by atoms with Gasteiger partial charge in [0, 0.05) is 19.2 Å². The van der Waals surface area contributed by atoms with E-state index in [0.717, 1.165) is 12.1 Å². The van der Waals surface area contributed by atoms with Crippen LogP contribution in [0.3, 0.4) is 0 Å². The van der Waals surface area contributed by atoms with Gasteiger partial charge in [-0.15, -0.1) is 0 Å². The van der Waals surface area contributed by atoms with Crippen LogP contribution >= 0.6 is 0 Å². The number of nitrogens with one attached hydrogen (secondary N) is 2. The predicted octanol–water partition coefficient (Wildman–Crippen LogP) is 0.833. The van der Waals surface area contributed by atoms with Crippen molar-refractivity contribution >= 4 is 21.6 Å². The van der Waals surface area contributed by atoms with Gasteiger partial charge in [0.1, 0.15) is 10.7 Å². The molecule has 0 fully saturated rings. The number of hydrogen-bond acceptors (Lipinski definition) is 4. The summed E-state index contributed by atoms with van der Waals surface area (Å²) in [5.74, 6) is -1.34. The number of amides is 1. The highest BCUT2D eigenvalue weighted by Crippen LogP contribution is 2.18. The van der Waals surface area contributed by atoms with E-state index in [1.165, 1.54) is 19.9 Å². The SMILES string of the molecule is CC(=O)Nc1ccc(S(=O)(=O)NCCC(C)O)c(F)c1. The summed E-state index contributed by atoms with van der Waals surface area (Å²) < 4.78 is 39.7. The van der Waals surface area contributed by atoms with Gasteiger partial charge >= 0.3 is 0 Å². The maximum Gasteiger partial charge on any atom is 0.243 e. The van der Waals surface area contributed by atoms with Gasteiger partial charge in [-0.3, -0.25) is 4.79 Å². The molecule has 1 aromatic rings. The molecule has 0 bridgehead atoms. The minimum Gasteiger partial charge on any atom is -0.393 e. The second kappa shape index (κ2) is 6.78. The van der Waals surface area contributed by atoms with E-state index in [1.807, 2.05) is 0 Å². The number of carbonyl (C=O) groups is 1. The van der Waals surface area contributed by atoms with Crippen molar-refractivity contribution in [3.63, 3.8) is 0 Å². The van der Waals surface area contributed by atoms with Gasteiger partial charge in [0.15, 0.2) is 0 Å². The van der Waals surface area contributed by atoms with Crippen LogP contribution in [0.2, 0.25) is 0 Å². The summed E-state index contributed by atoms with van der Waals surface area (Å²) in [6, 6.07) is 3.31. The molecule has 1 rings (SSSR count). The molecule has 8 heteroatoms. The van der Waals surface area contributed by atoms with Crippen LogP contribution in [0, 0.1) is 5.82 Å². The molecule has 3 N–H and O–H groups in total. The van der Waals surface area contributed by atoms with Gasteiger partial charge in [-0.1, -0.05) is 0 Å². The number of rotatable bonds is 6. The summed E-state index contributed by atoms with van der Waals surface area (Å²) in [5, 5.41) is 11.4. The summed E-state index contributed by atoms with van der Waals surface area (Å²) >= 11 is 0. The first-order chi connectivity index (χ1) is 9.22. The van der Waals surface area contributed by atoms with E-state index in [0.29, 0.717) is 0 Å². The largest absolute Gasteiger partial charge is 0.393 e. The van der Waals surface area contributed by atoms with Crippen molar-refractivity contribution in [1.29, 1.82) is 0 Å². The molecule has 20 heavy (non-hydrogen) atoms. The molecule has 0 aliphatic rings. The summed E-state index contributed by atoms with van der Waals surface area (Å²) in [5.41, 5.74) is 0.179. The molecule has 0 aromatic heterocycles. The Labute approximate surface area is 117 Å². The summed E-state index contributed by atoms with van der Waals surface area (Å²) in [7, 11) is -3.98. The van der Waals surface area contributed by atoms with Crippen molar-refractivity contribution in [1.82, 2.24) is 4.72 Å². The van der Waals surface area contributed by atoms with Crippen LogP contribution in [-0.2, 0) is 14.8 Å². The Bertz CT molecular complexity index is 587. The van der Waals surface area contributed by atoms with Crippen LogP contribution in [0.5, 0.6) is 0 Å². The van der Waals surface area contributed by atoms with E-state index in [4.69, 9.17) is 5.11 Å². The third kappa shape index (κ3) is 4.87. The number of benzene rings is 1. The zero-order chi connectivity index (χ0) is 15.3. The molecule has 0 saturated carbocycles. The topological polar surface area (TPSA) is 95.5 Å². The predicted molar refractivity (Wildman–Crippen MR) is 72.2 cm³/mol. The highest BCUT2D eigenvalue weighted by atomic mass is 32.2. The Hall–Kier alpha value is -1.51. The van der Waals surface area contributed by atoms with E-state index >= 15 is 0 Å². The maximum atomic E-state index is 13.8. The number of aliphatic hydroxyl groups is 1.